The number of anilines is 1. The van der Waals surface area contributed by atoms with Gasteiger partial charge in [-0.2, -0.15) is 0 Å². The van der Waals surface area contributed by atoms with Gasteiger partial charge in [-0.05, 0) is 50.5 Å². The standard InChI is InChI=1S/C22H25N3O5/c1-24(2)11-12-25(22(26)27)15-5-7-16(8-6-15)30-19-9-10-23-18-14-21(29-4)20(28-3)13-17(18)19/h5-10,13-14H,11-12H2,1-4H3,(H,26,27). The Bertz CT molecular complexity index is 1020. The average Bonchev–Trinajstić information content (AvgIpc) is 2.73. The lowest BCUT2D eigenvalue weighted by Gasteiger charge is -2.21. The van der Waals surface area contributed by atoms with E-state index in [4.69, 9.17) is 14.2 Å². The van der Waals surface area contributed by atoms with Crippen molar-refractivity contribution in [2.24, 2.45) is 0 Å². The molecule has 3 aromatic rings. The molecule has 0 radical (unpaired) electrons. The van der Waals surface area contributed by atoms with Gasteiger partial charge >= 0.3 is 6.09 Å². The molecule has 0 atom stereocenters. The molecule has 1 heterocycles. The molecule has 1 aromatic heterocycles. The molecule has 0 aliphatic carbocycles. The molecule has 0 saturated carbocycles. The van der Waals surface area contributed by atoms with E-state index in [0.29, 0.717) is 47.3 Å². The summed E-state index contributed by atoms with van der Waals surface area (Å²) in [4.78, 5) is 19.2. The first-order chi connectivity index (χ1) is 14.4. The second-order valence-electron chi connectivity index (χ2n) is 6.87. The van der Waals surface area contributed by atoms with Crippen LogP contribution in [-0.4, -0.2) is 62.5 Å². The lowest BCUT2D eigenvalue weighted by atomic mass is 10.2. The van der Waals surface area contributed by atoms with Crippen LogP contribution < -0.4 is 19.1 Å². The van der Waals surface area contributed by atoms with Crippen molar-refractivity contribution in [2.45, 2.75) is 0 Å². The molecule has 2 aromatic carbocycles. The summed E-state index contributed by atoms with van der Waals surface area (Å²) in [5, 5.41) is 10.3. The molecular weight excluding hydrogens is 386 g/mol. The van der Waals surface area contributed by atoms with Gasteiger partial charge in [0.15, 0.2) is 11.5 Å². The first-order valence-electron chi connectivity index (χ1n) is 9.36. The maximum Gasteiger partial charge on any atom is 0.411 e. The SMILES string of the molecule is COc1cc2nccc(Oc3ccc(N(CCN(C)C)C(=O)O)cc3)c2cc1OC. The highest BCUT2D eigenvalue weighted by Gasteiger charge is 2.15. The molecule has 1 amide bonds. The highest BCUT2D eigenvalue weighted by atomic mass is 16.5. The molecule has 0 aliphatic heterocycles. The number of aromatic nitrogens is 1. The molecule has 8 nitrogen and oxygen atoms in total. The maximum absolute atomic E-state index is 11.6. The van der Waals surface area contributed by atoms with Crippen molar-refractivity contribution in [3.05, 3.63) is 48.7 Å². The van der Waals surface area contributed by atoms with E-state index in [2.05, 4.69) is 4.98 Å². The number of hydrogen-bond acceptors (Lipinski definition) is 6. The number of rotatable bonds is 8. The van der Waals surface area contributed by atoms with Gasteiger partial charge in [0.1, 0.15) is 11.5 Å². The van der Waals surface area contributed by atoms with E-state index in [9.17, 15) is 9.90 Å². The first kappa shape index (κ1) is 21.2. The minimum atomic E-state index is -0.994. The van der Waals surface area contributed by atoms with E-state index in [0.717, 1.165) is 5.39 Å². The largest absolute Gasteiger partial charge is 0.493 e. The van der Waals surface area contributed by atoms with Gasteiger partial charge < -0.3 is 24.2 Å². The lowest BCUT2D eigenvalue weighted by molar-refractivity contribution is 0.201. The van der Waals surface area contributed by atoms with E-state index >= 15 is 0 Å². The van der Waals surface area contributed by atoms with Crippen molar-refractivity contribution in [2.75, 3.05) is 46.3 Å². The zero-order chi connectivity index (χ0) is 21.7. The Balaban J connectivity index is 1.86. The van der Waals surface area contributed by atoms with Crippen LogP contribution in [0.1, 0.15) is 0 Å². The predicted molar refractivity (Wildman–Crippen MR) is 115 cm³/mol. The van der Waals surface area contributed by atoms with E-state index in [-0.39, 0.29) is 0 Å². The van der Waals surface area contributed by atoms with Crippen LogP contribution in [0.5, 0.6) is 23.0 Å². The maximum atomic E-state index is 11.6. The Morgan fingerprint density at radius 2 is 1.63 bits per heavy atom. The highest BCUT2D eigenvalue weighted by molar-refractivity contribution is 5.88. The molecule has 158 valence electrons. The van der Waals surface area contributed by atoms with Crippen molar-refractivity contribution in [1.29, 1.82) is 0 Å². The van der Waals surface area contributed by atoms with Gasteiger partial charge in [0.05, 0.1) is 19.7 Å². The number of nitrogens with zero attached hydrogens (tertiary/aromatic N) is 3. The van der Waals surface area contributed by atoms with Crippen molar-refractivity contribution < 1.29 is 24.1 Å². The van der Waals surface area contributed by atoms with E-state index in [1.54, 1.807) is 56.8 Å². The molecule has 0 saturated heterocycles. The normalized spacial score (nSPS) is 10.8. The second-order valence-corrected chi connectivity index (χ2v) is 6.87. The van der Waals surface area contributed by atoms with E-state index in [1.807, 2.05) is 25.1 Å². The smallest absolute Gasteiger partial charge is 0.411 e. The third-order valence-corrected chi connectivity index (χ3v) is 4.58. The Morgan fingerprint density at radius 3 is 2.23 bits per heavy atom. The number of fused-ring (bicyclic) bond motifs is 1. The Labute approximate surface area is 175 Å². The second kappa shape index (κ2) is 9.32. The van der Waals surface area contributed by atoms with Gasteiger partial charge in [-0.15, -0.1) is 0 Å². The van der Waals surface area contributed by atoms with Crippen LogP contribution in [-0.2, 0) is 0 Å². The van der Waals surface area contributed by atoms with Gasteiger partial charge in [-0.25, -0.2) is 4.79 Å². The summed E-state index contributed by atoms with van der Waals surface area (Å²) in [7, 11) is 6.95. The van der Waals surface area contributed by atoms with Crippen molar-refractivity contribution >= 4 is 22.7 Å². The van der Waals surface area contributed by atoms with Gasteiger partial charge in [0, 0.05) is 36.4 Å². The first-order valence-corrected chi connectivity index (χ1v) is 9.36. The number of amides is 1. The van der Waals surface area contributed by atoms with Crippen LogP contribution in [0.2, 0.25) is 0 Å². The summed E-state index contributed by atoms with van der Waals surface area (Å²) in [6, 6.07) is 12.3. The van der Waals surface area contributed by atoms with Gasteiger partial charge in [0.25, 0.3) is 0 Å². The summed E-state index contributed by atoms with van der Waals surface area (Å²) in [5.41, 5.74) is 1.30. The fourth-order valence-corrected chi connectivity index (χ4v) is 2.99. The van der Waals surface area contributed by atoms with Crippen molar-refractivity contribution in [1.82, 2.24) is 9.88 Å². The third-order valence-electron chi connectivity index (χ3n) is 4.58. The summed E-state index contributed by atoms with van der Waals surface area (Å²) in [6.07, 6.45) is 0.664. The van der Waals surface area contributed by atoms with Crippen molar-refractivity contribution in [3.63, 3.8) is 0 Å². The number of benzene rings is 2. The Hall–Kier alpha value is -3.52. The monoisotopic (exact) mass is 411 g/mol. The van der Waals surface area contributed by atoms with Gasteiger partial charge in [0.2, 0.25) is 0 Å². The van der Waals surface area contributed by atoms with Gasteiger partial charge in [-0.1, -0.05) is 0 Å². The number of hydrogen-bond donors (Lipinski definition) is 1. The third kappa shape index (κ3) is 4.72. The zero-order valence-electron chi connectivity index (χ0n) is 17.5. The molecule has 30 heavy (non-hydrogen) atoms. The highest BCUT2D eigenvalue weighted by Crippen LogP contribution is 2.37. The minimum absolute atomic E-state index is 0.374. The molecular formula is C22H25N3O5. The number of carboxylic acid groups (broad SMARTS) is 1. The van der Waals surface area contributed by atoms with Crippen LogP contribution in [0.3, 0.4) is 0 Å². The number of pyridine rings is 1. The summed E-state index contributed by atoms with van der Waals surface area (Å²) in [5.74, 6) is 2.36. The van der Waals surface area contributed by atoms with E-state index in [1.165, 1.54) is 4.90 Å². The zero-order valence-corrected chi connectivity index (χ0v) is 17.5. The summed E-state index contributed by atoms with van der Waals surface area (Å²) < 4.78 is 16.8. The Morgan fingerprint density at radius 1 is 0.967 bits per heavy atom. The minimum Gasteiger partial charge on any atom is -0.493 e. The fraction of sp³-hybridized carbons (Fsp3) is 0.273. The van der Waals surface area contributed by atoms with Crippen LogP contribution in [0, 0.1) is 0 Å². The molecule has 3 rings (SSSR count). The van der Waals surface area contributed by atoms with Crippen LogP contribution in [0.15, 0.2) is 48.7 Å². The molecule has 1 N–H and O–H groups in total. The summed E-state index contributed by atoms with van der Waals surface area (Å²) in [6.45, 7) is 0.998. The molecule has 0 spiro atoms. The lowest BCUT2D eigenvalue weighted by Crippen LogP contribution is -2.35. The van der Waals surface area contributed by atoms with Gasteiger partial charge in [-0.3, -0.25) is 9.88 Å². The number of carbonyl (C=O) groups is 1. The van der Waals surface area contributed by atoms with Crippen molar-refractivity contribution in [3.8, 4) is 23.0 Å². The van der Waals surface area contributed by atoms with Crippen LogP contribution in [0.25, 0.3) is 10.9 Å². The molecule has 0 bridgehead atoms. The fourth-order valence-electron chi connectivity index (χ4n) is 2.99. The molecule has 0 unspecified atom stereocenters. The average molecular weight is 411 g/mol. The Kier molecular flexibility index (Phi) is 6.58. The van der Waals surface area contributed by atoms with E-state index < -0.39 is 6.09 Å². The van der Waals surface area contributed by atoms with Crippen LogP contribution >= 0.6 is 0 Å². The van der Waals surface area contributed by atoms with Crippen LogP contribution in [0.4, 0.5) is 10.5 Å². The summed E-state index contributed by atoms with van der Waals surface area (Å²) >= 11 is 0. The number of ether oxygens (including phenoxy) is 3. The number of methoxy groups -OCH3 is 2. The molecule has 0 fully saturated rings. The topological polar surface area (TPSA) is 84.4 Å². The predicted octanol–water partition coefficient (Wildman–Crippen LogP) is 4.09. The molecule has 0 aliphatic rings. The number of likely N-dealkylation sites (N-methyl/N-ethyl adjacent to an activating group) is 1. The quantitative estimate of drug-likeness (QED) is 0.598. The molecule has 8 heteroatoms.